The molecule has 0 spiro atoms. The average molecular weight is 464 g/mol. The highest BCUT2D eigenvalue weighted by Gasteiger charge is 2.41. The van der Waals surface area contributed by atoms with Gasteiger partial charge in [-0.25, -0.2) is 0 Å². The second kappa shape index (κ2) is 9.27. The van der Waals surface area contributed by atoms with Crippen molar-refractivity contribution < 1.29 is 14.9 Å². The Morgan fingerprint density at radius 1 is 0.970 bits per heavy atom. The van der Waals surface area contributed by atoms with E-state index in [0.29, 0.717) is 23.0 Å². The molecule has 0 saturated carbocycles. The van der Waals surface area contributed by atoms with E-state index >= 15 is 0 Å². The first-order chi connectivity index (χ1) is 15.7. The number of nitrogens with zero attached hydrogens (tertiary/aromatic N) is 1. The lowest BCUT2D eigenvalue weighted by molar-refractivity contribution is -0.0416. The second-order valence-corrected chi connectivity index (χ2v) is 16.0. The highest BCUT2D eigenvalue weighted by molar-refractivity contribution is 6.90. The Bertz CT molecular complexity index is 1180. The van der Waals surface area contributed by atoms with Gasteiger partial charge in [-0.1, -0.05) is 65.7 Å². The first-order valence-electron chi connectivity index (χ1n) is 12.2. The maximum atomic E-state index is 10.3. The number of hydrogen-bond donors (Lipinski definition) is 2. The van der Waals surface area contributed by atoms with Crippen molar-refractivity contribution in [2.24, 2.45) is 0 Å². The van der Waals surface area contributed by atoms with Gasteiger partial charge in [-0.05, 0) is 40.9 Å². The SMILES string of the molecule is CC(C)[Si](C#Cc1ccc2c(c1)c1ccccc1n2[C@H]1C[C@H](O)[C@@H](CO)O1)(C(C)C)C(C)C. The van der Waals surface area contributed by atoms with Gasteiger partial charge in [-0.3, -0.25) is 0 Å². The standard InChI is InChI=1S/C28H37NO3Si/c1-18(2)33(19(3)4,20(5)6)14-13-21-11-12-25-23(15-21)22-9-7-8-10-24(22)29(25)28-16-26(31)27(17-30)32-28/h7-12,15,18-20,26-28,30-31H,16-17H2,1-6H3/t26-,27+,28+/m0/s1. The number of aliphatic hydroxyl groups is 2. The zero-order chi connectivity index (χ0) is 23.9. The molecule has 3 aromatic rings. The van der Waals surface area contributed by atoms with Crippen molar-refractivity contribution in [2.75, 3.05) is 6.61 Å². The number of hydrogen-bond acceptors (Lipinski definition) is 3. The Morgan fingerprint density at radius 2 is 1.61 bits per heavy atom. The van der Waals surface area contributed by atoms with Gasteiger partial charge < -0.3 is 19.5 Å². The van der Waals surface area contributed by atoms with Crippen LogP contribution in [0, 0.1) is 11.5 Å². The van der Waals surface area contributed by atoms with Crippen LogP contribution in [0.1, 0.15) is 59.8 Å². The number of rotatable bonds is 5. The Morgan fingerprint density at radius 3 is 2.21 bits per heavy atom. The number of aliphatic hydroxyl groups excluding tert-OH is 2. The molecule has 33 heavy (non-hydrogen) atoms. The average Bonchev–Trinajstić information content (AvgIpc) is 3.30. The molecule has 1 saturated heterocycles. The van der Waals surface area contributed by atoms with Crippen LogP contribution < -0.4 is 0 Å². The lowest BCUT2D eigenvalue weighted by atomic mass is 10.1. The number of fused-ring (bicyclic) bond motifs is 3. The molecule has 0 aliphatic carbocycles. The predicted molar refractivity (Wildman–Crippen MR) is 139 cm³/mol. The lowest BCUT2D eigenvalue weighted by Gasteiger charge is -2.38. The van der Waals surface area contributed by atoms with Crippen LogP contribution in [-0.4, -0.2) is 41.7 Å². The monoisotopic (exact) mass is 463 g/mol. The van der Waals surface area contributed by atoms with Crippen LogP contribution in [0.15, 0.2) is 42.5 Å². The van der Waals surface area contributed by atoms with Crippen molar-refractivity contribution in [2.45, 2.75) is 83.0 Å². The molecule has 2 aromatic carbocycles. The smallest absolute Gasteiger partial charge is 0.146 e. The molecule has 3 atom stereocenters. The number of ether oxygens (including phenoxy) is 1. The van der Waals surface area contributed by atoms with E-state index in [-0.39, 0.29) is 12.8 Å². The minimum Gasteiger partial charge on any atom is -0.394 e. The third-order valence-electron chi connectivity index (χ3n) is 7.67. The van der Waals surface area contributed by atoms with Crippen LogP contribution in [0.2, 0.25) is 16.6 Å². The largest absolute Gasteiger partial charge is 0.394 e. The van der Waals surface area contributed by atoms with Crippen LogP contribution >= 0.6 is 0 Å². The minimum absolute atomic E-state index is 0.179. The normalized spacial score (nSPS) is 21.5. The summed E-state index contributed by atoms with van der Waals surface area (Å²) in [5.74, 6) is 3.59. The Labute approximate surface area is 198 Å². The summed E-state index contributed by atoms with van der Waals surface area (Å²) >= 11 is 0. The zero-order valence-electron chi connectivity index (χ0n) is 20.7. The van der Waals surface area contributed by atoms with E-state index in [1.165, 1.54) is 0 Å². The van der Waals surface area contributed by atoms with Crippen molar-refractivity contribution in [3.63, 3.8) is 0 Å². The van der Waals surface area contributed by atoms with Gasteiger partial charge in [-0.15, -0.1) is 5.54 Å². The third kappa shape index (κ3) is 4.04. The lowest BCUT2D eigenvalue weighted by Crippen LogP contribution is -2.43. The molecular weight excluding hydrogens is 426 g/mol. The van der Waals surface area contributed by atoms with Crippen molar-refractivity contribution in [3.05, 3.63) is 48.0 Å². The molecular formula is C28H37NO3Si. The minimum atomic E-state index is -1.80. The highest BCUT2D eigenvalue weighted by atomic mass is 28.3. The second-order valence-electron chi connectivity index (χ2n) is 10.4. The maximum absolute atomic E-state index is 10.3. The fourth-order valence-corrected chi connectivity index (χ4v) is 11.3. The highest BCUT2D eigenvalue weighted by Crippen LogP contribution is 2.41. The van der Waals surface area contributed by atoms with Gasteiger partial charge in [0.2, 0.25) is 0 Å². The molecule has 176 valence electrons. The first kappa shape index (κ1) is 24.0. The van der Waals surface area contributed by atoms with Gasteiger partial charge in [0.15, 0.2) is 0 Å². The first-order valence-corrected chi connectivity index (χ1v) is 14.4. The van der Waals surface area contributed by atoms with E-state index in [1.807, 2.05) is 6.07 Å². The van der Waals surface area contributed by atoms with Crippen molar-refractivity contribution in [1.29, 1.82) is 0 Å². The molecule has 1 fully saturated rings. The summed E-state index contributed by atoms with van der Waals surface area (Å²) < 4.78 is 8.19. The van der Waals surface area contributed by atoms with E-state index in [2.05, 4.69) is 94.0 Å². The molecule has 1 aliphatic rings. The predicted octanol–water partition coefficient (Wildman–Crippen LogP) is 6.00. The summed E-state index contributed by atoms with van der Waals surface area (Å²) in [7, 11) is -1.80. The van der Waals surface area contributed by atoms with Crippen LogP contribution in [0.4, 0.5) is 0 Å². The summed E-state index contributed by atoms with van der Waals surface area (Å²) in [5.41, 5.74) is 8.82. The van der Waals surface area contributed by atoms with E-state index in [0.717, 1.165) is 27.4 Å². The van der Waals surface area contributed by atoms with Crippen LogP contribution in [0.5, 0.6) is 0 Å². The molecule has 0 radical (unpaired) electrons. The maximum Gasteiger partial charge on any atom is 0.146 e. The van der Waals surface area contributed by atoms with E-state index in [1.54, 1.807) is 0 Å². The zero-order valence-corrected chi connectivity index (χ0v) is 21.7. The Balaban J connectivity index is 1.84. The molecule has 5 heteroatoms. The molecule has 0 bridgehead atoms. The summed E-state index contributed by atoms with van der Waals surface area (Å²) in [5, 5.41) is 22.2. The molecule has 0 amide bonds. The van der Waals surface area contributed by atoms with E-state index in [9.17, 15) is 10.2 Å². The Hall–Kier alpha value is -2.10. The van der Waals surface area contributed by atoms with Gasteiger partial charge in [0.1, 0.15) is 20.4 Å². The summed E-state index contributed by atoms with van der Waals surface area (Å²) in [6.45, 7) is 13.9. The molecule has 4 rings (SSSR count). The third-order valence-corrected chi connectivity index (χ3v) is 14.0. The van der Waals surface area contributed by atoms with Gasteiger partial charge in [0.05, 0.1) is 23.7 Å². The topological polar surface area (TPSA) is 54.6 Å². The number of para-hydroxylation sites is 1. The van der Waals surface area contributed by atoms with E-state index in [4.69, 9.17) is 4.74 Å². The van der Waals surface area contributed by atoms with Crippen molar-refractivity contribution in [3.8, 4) is 11.5 Å². The van der Waals surface area contributed by atoms with Crippen LogP contribution in [0.3, 0.4) is 0 Å². The molecule has 1 aliphatic heterocycles. The fourth-order valence-electron chi connectivity index (χ4n) is 6.04. The molecule has 0 unspecified atom stereocenters. The van der Waals surface area contributed by atoms with Gasteiger partial charge in [0.25, 0.3) is 0 Å². The van der Waals surface area contributed by atoms with E-state index < -0.39 is 20.3 Å². The molecule has 2 heterocycles. The summed E-state index contributed by atoms with van der Waals surface area (Å²) in [4.78, 5) is 0. The summed E-state index contributed by atoms with van der Waals surface area (Å²) in [6, 6.07) is 14.8. The van der Waals surface area contributed by atoms with Crippen LogP contribution in [-0.2, 0) is 4.74 Å². The quantitative estimate of drug-likeness (QED) is 0.360. The van der Waals surface area contributed by atoms with Crippen molar-refractivity contribution in [1.82, 2.24) is 4.57 Å². The van der Waals surface area contributed by atoms with Gasteiger partial charge in [0, 0.05) is 22.8 Å². The number of aromatic nitrogens is 1. The summed E-state index contributed by atoms with van der Waals surface area (Å²) in [6.07, 6.45) is -1.05. The molecule has 2 N–H and O–H groups in total. The van der Waals surface area contributed by atoms with Gasteiger partial charge >= 0.3 is 0 Å². The fraction of sp³-hybridized carbons (Fsp3) is 0.500. The Kier molecular flexibility index (Phi) is 6.75. The number of benzene rings is 2. The molecule has 4 nitrogen and oxygen atoms in total. The van der Waals surface area contributed by atoms with Crippen molar-refractivity contribution >= 4 is 29.9 Å². The van der Waals surface area contributed by atoms with Crippen LogP contribution in [0.25, 0.3) is 21.8 Å². The van der Waals surface area contributed by atoms with Gasteiger partial charge in [-0.2, -0.15) is 0 Å². The molecule has 1 aromatic heterocycles.